The van der Waals surface area contributed by atoms with Crippen LogP contribution in [-0.2, 0) is 15.5 Å². The first kappa shape index (κ1) is 15.9. The zero-order valence-corrected chi connectivity index (χ0v) is 11.7. The number of carbonyl (C=O) groups is 1. The van der Waals surface area contributed by atoms with Gasteiger partial charge in [0.1, 0.15) is 18.1 Å². The van der Waals surface area contributed by atoms with Crippen LogP contribution in [0.15, 0.2) is 17.1 Å². The molecule has 5 nitrogen and oxygen atoms in total. The number of halogens is 3. The topological polar surface area (TPSA) is 60.3 Å². The van der Waals surface area contributed by atoms with E-state index in [-0.39, 0.29) is 25.3 Å². The van der Waals surface area contributed by atoms with Gasteiger partial charge in [0.25, 0.3) is 5.56 Å². The molecule has 0 aromatic carbocycles. The van der Waals surface area contributed by atoms with E-state index in [9.17, 15) is 22.8 Å². The Kier molecular flexibility index (Phi) is 5.29. The number of amides is 1. The standard InChI is InChI=1S/C12H13F3N2O3S/c13-1-2-17-5-8(4-9(15)12(17)19)16-11(18)10-3-7(14)6-20-21-10/h4-5,7,10H,1-3,6H2,(H,16,18). The van der Waals surface area contributed by atoms with Gasteiger partial charge in [0.2, 0.25) is 5.91 Å². The van der Waals surface area contributed by atoms with Crippen LogP contribution >= 0.6 is 12.0 Å². The highest BCUT2D eigenvalue weighted by molar-refractivity contribution is 7.96. The number of hydrogen-bond acceptors (Lipinski definition) is 4. The van der Waals surface area contributed by atoms with Crippen LogP contribution in [0.2, 0.25) is 0 Å². The molecule has 2 heterocycles. The third-order valence-electron chi connectivity index (χ3n) is 2.83. The second kappa shape index (κ2) is 6.99. The summed E-state index contributed by atoms with van der Waals surface area (Å²) >= 11 is 0.842. The molecule has 9 heteroatoms. The molecule has 21 heavy (non-hydrogen) atoms. The van der Waals surface area contributed by atoms with Crippen molar-refractivity contribution in [2.75, 3.05) is 18.6 Å². The van der Waals surface area contributed by atoms with Crippen molar-refractivity contribution in [3.8, 4) is 0 Å². The van der Waals surface area contributed by atoms with Gasteiger partial charge in [0.15, 0.2) is 5.82 Å². The summed E-state index contributed by atoms with van der Waals surface area (Å²) < 4.78 is 44.5. The van der Waals surface area contributed by atoms with Gasteiger partial charge in [0.05, 0.1) is 18.8 Å². The molecule has 1 aromatic rings. The van der Waals surface area contributed by atoms with Gasteiger partial charge in [-0.3, -0.25) is 9.59 Å². The summed E-state index contributed by atoms with van der Waals surface area (Å²) in [5.41, 5.74) is -0.961. The maximum atomic E-state index is 13.4. The molecule has 0 aliphatic carbocycles. The van der Waals surface area contributed by atoms with Gasteiger partial charge in [0, 0.05) is 30.7 Å². The van der Waals surface area contributed by atoms with Gasteiger partial charge in [-0.05, 0) is 0 Å². The molecule has 116 valence electrons. The summed E-state index contributed by atoms with van der Waals surface area (Å²) in [6, 6.07) is 0.843. The Bertz CT molecular complexity index is 581. The summed E-state index contributed by atoms with van der Waals surface area (Å²) in [5.74, 6) is -1.66. The fourth-order valence-electron chi connectivity index (χ4n) is 1.83. The van der Waals surface area contributed by atoms with Crippen LogP contribution in [0.3, 0.4) is 0 Å². The van der Waals surface area contributed by atoms with Crippen molar-refractivity contribution < 1.29 is 22.1 Å². The van der Waals surface area contributed by atoms with Crippen LogP contribution in [0.1, 0.15) is 6.42 Å². The van der Waals surface area contributed by atoms with Crippen LogP contribution in [0.5, 0.6) is 0 Å². The fraction of sp³-hybridized carbons (Fsp3) is 0.500. The van der Waals surface area contributed by atoms with Crippen molar-refractivity contribution in [3.05, 3.63) is 28.4 Å². The highest BCUT2D eigenvalue weighted by Gasteiger charge is 2.29. The second-order valence-corrected chi connectivity index (χ2v) is 5.45. The Labute approximate surface area is 122 Å². The number of alkyl halides is 2. The molecular formula is C12H13F3N2O3S. The van der Waals surface area contributed by atoms with E-state index >= 15 is 0 Å². The second-order valence-electron chi connectivity index (χ2n) is 4.46. The average Bonchev–Trinajstić information content (AvgIpc) is 2.44. The van der Waals surface area contributed by atoms with Crippen LogP contribution in [-0.4, -0.2) is 35.2 Å². The van der Waals surface area contributed by atoms with Crippen molar-refractivity contribution in [1.82, 2.24) is 4.57 Å². The molecule has 1 aromatic heterocycles. The first-order chi connectivity index (χ1) is 10.0. The van der Waals surface area contributed by atoms with E-state index in [2.05, 4.69) is 5.32 Å². The van der Waals surface area contributed by atoms with E-state index in [1.165, 1.54) is 0 Å². The zero-order valence-electron chi connectivity index (χ0n) is 10.9. The molecule has 0 saturated carbocycles. The summed E-state index contributed by atoms with van der Waals surface area (Å²) in [4.78, 5) is 23.3. The van der Waals surface area contributed by atoms with Gasteiger partial charge in [-0.1, -0.05) is 0 Å². The van der Waals surface area contributed by atoms with E-state index in [0.29, 0.717) is 0 Å². The number of aromatic nitrogens is 1. The maximum absolute atomic E-state index is 13.4. The summed E-state index contributed by atoms with van der Waals surface area (Å²) in [6.45, 7) is -1.23. The Morgan fingerprint density at radius 1 is 1.57 bits per heavy atom. The largest absolute Gasteiger partial charge is 0.324 e. The van der Waals surface area contributed by atoms with Crippen LogP contribution < -0.4 is 10.9 Å². The van der Waals surface area contributed by atoms with Crippen LogP contribution in [0, 0.1) is 5.82 Å². The van der Waals surface area contributed by atoms with E-state index < -0.39 is 35.4 Å². The Morgan fingerprint density at radius 3 is 3.00 bits per heavy atom. The molecule has 2 rings (SSSR count). The lowest BCUT2D eigenvalue weighted by Gasteiger charge is -2.22. The quantitative estimate of drug-likeness (QED) is 0.857. The number of nitrogens with zero attached hydrogens (tertiary/aromatic N) is 1. The molecule has 2 atom stereocenters. The van der Waals surface area contributed by atoms with E-state index in [0.717, 1.165) is 28.9 Å². The number of anilines is 1. The van der Waals surface area contributed by atoms with E-state index in [4.69, 9.17) is 4.18 Å². The molecule has 1 fully saturated rings. The maximum Gasteiger partial charge on any atom is 0.286 e. The molecule has 2 unspecified atom stereocenters. The molecule has 1 aliphatic rings. The van der Waals surface area contributed by atoms with Crippen molar-refractivity contribution in [1.29, 1.82) is 0 Å². The van der Waals surface area contributed by atoms with Gasteiger partial charge in [-0.15, -0.1) is 0 Å². The highest BCUT2D eigenvalue weighted by atomic mass is 32.2. The number of rotatable bonds is 4. The minimum Gasteiger partial charge on any atom is -0.324 e. The average molecular weight is 322 g/mol. The molecule has 1 amide bonds. The van der Waals surface area contributed by atoms with Crippen molar-refractivity contribution in [3.63, 3.8) is 0 Å². The minimum atomic E-state index is -1.24. The molecule has 1 aliphatic heterocycles. The zero-order chi connectivity index (χ0) is 15.4. The number of aryl methyl sites for hydroxylation is 1. The SMILES string of the molecule is O=C(Nc1cc(F)c(=O)n(CCF)c1)C1CC(F)COS1. The third kappa shape index (κ3) is 4.01. The predicted octanol–water partition coefficient (Wildman–Crippen LogP) is 1.67. The first-order valence-corrected chi connectivity index (χ1v) is 7.01. The molecule has 1 saturated heterocycles. The lowest BCUT2D eigenvalue weighted by molar-refractivity contribution is -0.116. The van der Waals surface area contributed by atoms with E-state index in [1.807, 2.05) is 0 Å². The van der Waals surface area contributed by atoms with Crippen LogP contribution in [0.4, 0.5) is 18.9 Å². The van der Waals surface area contributed by atoms with Gasteiger partial charge in [-0.25, -0.2) is 13.2 Å². The van der Waals surface area contributed by atoms with Gasteiger partial charge in [-0.2, -0.15) is 0 Å². The normalized spacial score (nSPS) is 22.0. The number of hydrogen-bond donors (Lipinski definition) is 1. The summed E-state index contributed by atoms with van der Waals surface area (Å²) in [6.07, 6.45) is -0.105. The minimum absolute atomic E-state index is 0.00660. The van der Waals surface area contributed by atoms with Crippen molar-refractivity contribution in [2.24, 2.45) is 0 Å². The lowest BCUT2D eigenvalue weighted by atomic mass is 10.2. The number of carbonyl (C=O) groups excluding carboxylic acids is 1. The van der Waals surface area contributed by atoms with Gasteiger partial charge < -0.3 is 14.1 Å². The Hall–Kier alpha value is -1.48. The smallest absolute Gasteiger partial charge is 0.286 e. The molecule has 0 spiro atoms. The Morgan fingerprint density at radius 2 is 2.33 bits per heavy atom. The third-order valence-corrected chi connectivity index (χ3v) is 3.74. The van der Waals surface area contributed by atoms with Crippen LogP contribution in [0.25, 0.3) is 0 Å². The Balaban J connectivity index is 2.11. The summed E-state index contributed by atoms with van der Waals surface area (Å²) in [7, 11) is 0. The van der Waals surface area contributed by atoms with Gasteiger partial charge >= 0.3 is 0 Å². The molecule has 0 bridgehead atoms. The van der Waals surface area contributed by atoms with Crippen molar-refractivity contribution in [2.45, 2.75) is 24.4 Å². The first-order valence-electron chi connectivity index (χ1n) is 6.20. The highest BCUT2D eigenvalue weighted by Crippen LogP contribution is 2.26. The lowest BCUT2D eigenvalue weighted by Crippen LogP contribution is -2.33. The molecular weight excluding hydrogens is 309 g/mol. The monoisotopic (exact) mass is 322 g/mol. The number of pyridine rings is 1. The predicted molar refractivity (Wildman–Crippen MR) is 72.1 cm³/mol. The summed E-state index contributed by atoms with van der Waals surface area (Å²) in [5, 5.41) is 1.61. The molecule has 0 radical (unpaired) electrons. The molecule has 1 N–H and O–H groups in total. The fourth-order valence-corrected chi connectivity index (χ4v) is 2.66. The van der Waals surface area contributed by atoms with Crippen molar-refractivity contribution >= 4 is 23.6 Å². The van der Waals surface area contributed by atoms with E-state index in [1.54, 1.807) is 0 Å². The number of nitrogens with one attached hydrogen (secondary N) is 1.